The van der Waals surface area contributed by atoms with Crippen molar-refractivity contribution in [2.24, 2.45) is 0 Å². The van der Waals surface area contributed by atoms with E-state index in [-0.39, 0.29) is 17.5 Å². The Kier molecular flexibility index (Phi) is 3.91. The maximum Gasteiger partial charge on any atom is 0.339 e. The van der Waals surface area contributed by atoms with Crippen molar-refractivity contribution in [1.29, 1.82) is 0 Å². The molecule has 2 rings (SSSR count). The number of aromatic nitrogens is 4. The first-order valence-electron chi connectivity index (χ1n) is 5.75. The van der Waals surface area contributed by atoms with Crippen molar-refractivity contribution >= 4 is 24.7 Å². The number of nitrogen functional groups attached to an aromatic ring is 1. The Morgan fingerprint density at radius 1 is 1.60 bits per heavy atom. The molecule has 1 atom stereocenters. The van der Waals surface area contributed by atoms with E-state index in [1.807, 2.05) is 0 Å². The fraction of sp³-hybridized carbons (Fsp3) is 0.444. The zero-order valence-electron chi connectivity index (χ0n) is 10.6. The van der Waals surface area contributed by atoms with Gasteiger partial charge in [-0.1, -0.05) is 0 Å². The largest absolute Gasteiger partial charge is 0.369 e. The SMILES string of the molecule is CC(Cn1cnc2c(=O)[nH]c(N)nc21)NCP(=O)(O)O. The molecule has 0 aromatic carbocycles. The van der Waals surface area contributed by atoms with Crippen LogP contribution in [0, 0.1) is 0 Å². The molecule has 6 N–H and O–H groups in total. The minimum atomic E-state index is -4.10. The molecular formula is C9H15N6O4P. The van der Waals surface area contributed by atoms with Crippen LogP contribution in [0.1, 0.15) is 6.92 Å². The molecule has 0 radical (unpaired) electrons. The second-order valence-electron chi connectivity index (χ2n) is 4.45. The van der Waals surface area contributed by atoms with E-state index in [9.17, 15) is 9.36 Å². The molecule has 0 spiro atoms. The topological polar surface area (TPSA) is 159 Å². The second-order valence-corrected chi connectivity index (χ2v) is 6.09. The highest BCUT2D eigenvalue weighted by molar-refractivity contribution is 7.51. The van der Waals surface area contributed by atoms with Gasteiger partial charge in [-0.2, -0.15) is 4.98 Å². The molecule has 1 unspecified atom stereocenters. The first-order valence-corrected chi connectivity index (χ1v) is 7.54. The van der Waals surface area contributed by atoms with Crippen LogP contribution in [-0.4, -0.2) is 41.6 Å². The first-order chi connectivity index (χ1) is 9.26. The summed E-state index contributed by atoms with van der Waals surface area (Å²) >= 11 is 0. The fourth-order valence-electron chi connectivity index (χ4n) is 1.74. The van der Waals surface area contributed by atoms with Crippen LogP contribution in [0.5, 0.6) is 0 Å². The molecule has 0 aliphatic carbocycles. The van der Waals surface area contributed by atoms with Crippen LogP contribution in [0.4, 0.5) is 5.95 Å². The predicted octanol–water partition coefficient (Wildman–Crippen LogP) is -1.18. The molecule has 0 fully saturated rings. The van der Waals surface area contributed by atoms with E-state index in [0.717, 1.165) is 0 Å². The maximum atomic E-state index is 11.6. The summed E-state index contributed by atoms with van der Waals surface area (Å²) in [5.41, 5.74) is 5.54. The lowest BCUT2D eigenvalue weighted by Crippen LogP contribution is -2.31. The van der Waals surface area contributed by atoms with Crippen molar-refractivity contribution < 1.29 is 14.4 Å². The second kappa shape index (κ2) is 5.33. The number of hydrogen-bond acceptors (Lipinski definition) is 6. The fourth-order valence-corrected chi connectivity index (χ4v) is 2.29. The molecule has 2 heterocycles. The Morgan fingerprint density at radius 2 is 2.30 bits per heavy atom. The lowest BCUT2D eigenvalue weighted by atomic mass is 10.3. The highest BCUT2D eigenvalue weighted by Crippen LogP contribution is 2.32. The van der Waals surface area contributed by atoms with Gasteiger partial charge in [-0.05, 0) is 6.92 Å². The summed E-state index contributed by atoms with van der Waals surface area (Å²) in [6.07, 6.45) is 1.01. The number of hydrogen-bond donors (Lipinski definition) is 5. The van der Waals surface area contributed by atoms with Crippen molar-refractivity contribution in [3.8, 4) is 0 Å². The molecule has 2 aromatic heterocycles. The van der Waals surface area contributed by atoms with Crippen molar-refractivity contribution in [2.75, 3.05) is 12.0 Å². The van der Waals surface area contributed by atoms with Gasteiger partial charge in [-0.3, -0.25) is 14.3 Å². The zero-order valence-corrected chi connectivity index (χ0v) is 11.5. The van der Waals surface area contributed by atoms with Gasteiger partial charge in [-0.15, -0.1) is 0 Å². The highest BCUT2D eigenvalue weighted by Gasteiger charge is 2.16. The Morgan fingerprint density at radius 3 is 2.95 bits per heavy atom. The normalized spacial score (nSPS) is 13.8. The number of H-pyrrole nitrogens is 1. The summed E-state index contributed by atoms with van der Waals surface area (Å²) in [6, 6.07) is -0.248. The smallest absolute Gasteiger partial charge is 0.339 e. The maximum absolute atomic E-state index is 11.6. The third-order valence-corrected chi connectivity index (χ3v) is 3.20. The summed E-state index contributed by atoms with van der Waals surface area (Å²) in [6.45, 7) is 2.09. The van der Waals surface area contributed by atoms with Gasteiger partial charge in [0.1, 0.15) is 0 Å². The summed E-state index contributed by atoms with van der Waals surface area (Å²) < 4.78 is 12.4. The van der Waals surface area contributed by atoms with Gasteiger partial charge in [-0.25, -0.2) is 4.98 Å². The van der Waals surface area contributed by atoms with E-state index < -0.39 is 19.4 Å². The monoisotopic (exact) mass is 302 g/mol. The molecule has 0 aliphatic heterocycles. The minimum Gasteiger partial charge on any atom is -0.369 e. The van der Waals surface area contributed by atoms with Crippen molar-refractivity contribution in [1.82, 2.24) is 24.8 Å². The van der Waals surface area contributed by atoms with Crippen LogP contribution in [0.2, 0.25) is 0 Å². The summed E-state index contributed by atoms with van der Waals surface area (Å²) in [5.74, 6) is -0.0138. The van der Waals surface area contributed by atoms with Gasteiger partial charge >= 0.3 is 7.60 Å². The Labute approximate surface area is 113 Å². The molecule has 0 saturated heterocycles. The molecule has 0 saturated carbocycles. The molecule has 110 valence electrons. The number of imidazole rings is 1. The standard InChI is InChI=1S/C9H15N6O4P/c1-5(12-4-20(17,18)19)2-15-3-11-6-7(15)13-9(10)14-8(6)16/h3,5,12H,2,4H2,1H3,(H2,17,18,19)(H3,10,13,14,16). The molecule has 2 aromatic rings. The Balaban J connectivity index is 2.18. The Hall–Kier alpha value is -1.74. The number of aromatic amines is 1. The average Bonchev–Trinajstić information content (AvgIpc) is 2.69. The summed E-state index contributed by atoms with van der Waals surface area (Å²) in [4.78, 5) is 39.5. The van der Waals surface area contributed by atoms with Crippen LogP contribution < -0.4 is 16.6 Å². The zero-order chi connectivity index (χ0) is 14.9. The molecule has 11 heteroatoms. The van der Waals surface area contributed by atoms with E-state index in [1.165, 1.54) is 6.33 Å². The third kappa shape index (κ3) is 3.42. The van der Waals surface area contributed by atoms with Crippen LogP contribution in [0.3, 0.4) is 0 Å². The van der Waals surface area contributed by atoms with Crippen molar-refractivity contribution in [2.45, 2.75) is 19.5 Å². The van der Waals surface area contributed by atoms with Crippen LogP contribution in [0.15, 0.2) is 11.1 Å². The average molecular weight is 302 g/mol. The predicted molar refractivity (Wildman–Crippen MR) is 72.1 cm³/mol. The van der Waals surface area contributed by atoms with E-state index in [4.69, 9.17) is 15.5 Å². The van der Waals surface area contributed by atoms with E-state index >= 15 is 0 Å². The van der Waals surface area contributed by atoms with Gasteiger partial charge in [0.2, 0.25) is 5.95 Å². The van der Waals surface area contributed by atoms with E-state index in [0.29, 0.717) is 12.2 Å². The molecule has 0 bridgehead atoms. The highest BCUT2D eigenvalue weighted by atomic mass is 31.2. The number of rotatable bonds is 5. The van der Waals surface area contributed by atoms with Crippen molar-refractivity contribution in [3.05, 3.63) is 16.7 Å². The van der Waals surface area contributed by atoms with E-state index in [2.05, 4.69) is 20.3 Å². The molecular weight excluding hydrogens is 287 g/mol. The Bertz CT molecular complexity index is 719. The lowest BCUT2D eigenvalue weighted by Gasteiger charge is -2.15. The third-order valence-electron chi connectivity index (χ3n) is 2.61. The molecule has 0 aliphatic rings. The molecule has 20 heavy (non-hydrogen) atoms. The minimum absolute atomic E-state index is 0.0138. The number of nitrogens with zero attached hydrogens (tertiary/aromatic N) is 3. The summed E-state index contributed by atoms with van der Waals surface area (Å²) in [7, 11) is -4.10. The summed E-state index contributed by atoms with van der Waals surface area (Å²) in [5, 5.41) is 2.70. The number of anilines is 1. The van der Waals surface area contributed by atoms with E-state index in [1.54, 1.807) is 11.5 Å². The quantitative estimate of drug-likeness (QED) is 0.431. The van der Waals surface area contributed by atoms with Gasteiger partial charge in [0.15, 0.2) is 11.2 Å². The lowest BCUT2D eigenvalue weighted by molar-refractivity contribution is 0.361. The van der Waals surface area contributed by atoms with Crippen LogP contribution in [-0.2, 0) is 11.1 Å². The molecule has 0 amide bonds. The van der Waals surface area contributed by atoms with Crippen molar-refractivity contribution in [3.63, 3.8) is 0 Å². The molecule has 10 nitrogen and oxygen atoms in total. The number of nitrogens with two attached hydrogens (primary N) is 1. The van der Waals surface area contributed by atoms with Crippen LogP contribution >= 0.6 is 7.60 Å². The number of fused-ring (bicyclic) bond motifs is 1. The van der Waals surface area contributed by atoms with Gasteiger partial charge in [0.25, 0.3) is 5.56 Å². The number of nitrogens with one attached hydrogen (secondary N) is 2. The van der Waals surface area contributed by atoms with Gasteiger partial charge < -0.3 is 25.4 Å². The van der Waals surface area contributed by atoms with Crippen LogP contribution in [0.25, 0.3) is 11.2 Å². The van der Waals surface area contributed by atoms with Gasteiger partial charge in [0, 0.05) is 12.6 Å². The first kappa shape index (κ1) is 14.7. The van der Waals surface area contributed by atoms with Gasteiger partial charge in [0.05, 0.1) is 12.6 Å².